The molecule has 0 aliphatic carbocycles. The lowest BCUT2D eigenvalue weighted by Gasteiger charge is -2.21. The molecule has 19 heavy (non-hydrogen) atoms. The van der Waals surface area contributed by atoms with E-state index in [0.29, 0.717) is 17.4 Å². The summed E-state index contributed by atoms with van der Waals surface area (Å²) >= 11 is 8.84. The molecule has 0 spiro atoms. The molecule has 0 aliphatic heterocycles. The normalized spacial score (nSPS) is 13.6. The van der Waals surface area contributed by atoms with Gasteiger partial charge in [-0.2, -0.15) is 13.2 Å². The Balaban J connectivity index is 3.06. The van der Waals surface area contributed by atoms with Gasteiger partial charge in [0, 0.05) is 16.1 Å². The van der Waals surface area contributed by atoms with Crippen LogP contribution in [0, 0.1) is 5.82 Å². The van der Waals surface area contributed by atoms with E-state index in [9.17, 15) is 17.6 Å². The van der Waals surface area contributed by atoms with Crippen molar-refractivity contribution in [1.29, 1.82) is 0 Å². The average Bonchev–Trinajstić information content (AvgIpc) is 2.28. The molecule has 0 fully saturated rings. The minimum absolute atomic E-state index is 0.0704. The van der Waals surface area contributed by atoms with Crippen molar-refractivity contribution >= 4 is 27.5 Å². The van der Waals surface area contributed by atoms with Crippen LogP contribution in [0.1, 0.15) is 31.4 Å². The molecule has 108 valence electrons. The highest BCUT2D eigenvalue weighted by Gasteiger charge is 2.33. The van der Waals surface area contributed by atoms with E-state index in [1.807, 2.05) is 6.92 Å². The van der Waals surface area contributed by atoms with E-state index in [-0.39, 0.29) is 10.6 Å². The van der Waals surface area contributed by atoms with Crippen LogP contribution >= 0.6 is 27.5 Å². The van der Waals surface area contributed by atoms with Gasteiger partial charge in [0.05, 0.1) is 11.4 Å². The molecule has 0 saturated carbocycles. The summed E-state index contributed by atoms with van der Waals surface area (Å²) in [5.41, 5.74) is -0.0704. The van der Waals surface area contributed by atoms with Crippen LogP contribution in [0.25, 0.3) is 0 Å². The molecule has 0 amide bonds. The summed E-state index contributed by atoms with van der Waals surface area (Å²) in [6.07, 6.45) is -4.86. The van der Waals surface area contributed by atoms with Gasteiger partial charge in [-0.25, -0.2) is 4.39 Å². The molecule has 7 heteroatoms. The SMILES string of the molecule is CCCNC(CC(F)(F)F)c1cc(Cl)c(Br)cc1F. The van der Waals surface area contributed by atoms with E-state index >= 15 is 0 Å². The number of benzene rings is 1. The Hall–Kier alpha value is -0.330. The molecule has 1 aromatic carbocycles. The number of alkyl halides is 3. The second-order valence-electron chi connectivity index (χ2n) is 4.11. The molecule has 0 bridgehead atoms. The maximum atomic E-state index is 13.8. The Bertz CT molecular complexity index is 436. The van der Waals surface area contributed by atoms with Gasteiger partial charge >= 0.3 is 6.18 Å². The highest BCUT2D eigenvalue weighted by molar-refractivity contribution is 9.10. The van der Waals surface area contributed by atoms with Gasteiger partial charge in [0.2, 0.25) is 0 Å². The topological polar surface area (TPSA) is 12.0 Å². The minimum atomic E-state index is -4.38. The summed E-state index contributed by atoms with van der Waals surface area (Å²) in [5.74, 6) is -0.714. The van der Waals surface area contributed by atoms with Crippen LogP contribution in [0.15, 0.2) is 16.6 Å². The molecule has 0 aromatic heterocycles. The van der Waals surface area contributed by atoms with Crippen LogP contribution < -0.4 is 5.32 Å². The molecule has 1 rings (SSSR count). The number of hydrogen-bond donors (Lipinski definition) is 1. The summed E-state index contributed by atoms with van der Waals surface area (Å²) in [6.45, 7) is 2.19. The molecule has 1 N–H and O–H groups in total. The molecular weight excluding hydrogens is 349 g/mol. The fourth-order valence-electron chi connectivity index (χ4n) is 1.65. The predicted octanol–water partition coefficient (Wildman–Crippen LogP) is 5.23. The Labute approximate surface area is 122 Å². The van der Waals surface area contributed by atoms with Crippen molar-refractivity contribution in [2.75, 3.05) is 6.54 Å². The summed E-state index contributed by atoms with van der Waals surface area (Å²) in [4.78, 5) is 0. The molecule has 0 heterocycles. The van der Waals surface area contributed by atoms with Gasteiger partial charge in [0.15, 0.2) is 0 Å². The molecule has 1 aromatic rings. The molecule has 1 nitrogen and oxygen atoms in total. The van der Waals surface area contributed by atoms with Crippen molar-refractivity contribution in [2.45, 2.75) is 32.0 Å². The Morgan fingerprint density at radius 1 is 1.37 bits per heavy atom. The van der Waals surface area contributed by atoms with Crippen LogP contribution in [0.5, 0.6) is 0 Å². The van der Waals surface area contributed by atoms with E-state index in [2.05, 4.69) is 21.2 Å². The number of nitrogens with one attached hydrogen (secondary N) is 1. The lowest BCUT2D eigenvalue weighted by atomic mass is 10.0. The fourth-order valence-corrected chi connectivity index (χ4v) is 2.13. The maximum Gasteiger partial charge on any atom is 0.390 e. The van der Waals surface area contributed by atoms with Gasteiger partial charge in [-0.1, -0.05) is 18.5 Å². The van der Waals surface area contributed by atoms with Gasteiger partial charge in [-0.3, -0.25) is 0 Å². The molecule has 0 aliphatic rings. The van der Waals surface area contributed by atoms with E-state index in [1.54, 1.807) is 0 Å². The Morgan fingerprint density at radius 3 is 2.53 bits per heavy atom. The first kappa shape index (κ1) is 16.7. The van der Waals surface area contributed by atoms with Crippen molar-refractivity contribution < 1.29 is 17.6 Å². The lowest BCUT2D eigenvalue weighted by molar-refractivity contribution is -0.140. The lowest BCUT2D eigenvalue weighted by Crippen LogP contribution is -2.28. The summed E-state index contributed by atoms with van der Waals surface area (Å²) in [6, 6.07) is 1.17. The van der Waals surface area contributed by atoms with Crippen LogP contribution in [-0.4, -0.2) is 12.7 Å². The van der Waals surface area contributed by atoms with Gasteiger partial charge < -0.3 is 5.32 Å². The Morgan fingerprint density at radius 2 is 2.00 bits per heavy atom. The number of rotatable bonds is 5. The third kappa shape index (κ3) is 5.28. The summed E-state index contributed by atoms with van der Waals surface area (Å²) in [5, 5.41) is 2.88. The quantitative estimate of drug-likeness (QED) is 0.558. The van der Waals surface area contributed by atoms with Crippen molar-refractivity contribution in [3.05, 3.63) is 33.0 Å². The second-order valence-corrected chi connectivity index (χ2v) is 5.38. The van der Waals surface area contributed by atoms with E-state index < -0.39 is 24.5 Å². The highest BCUT2D eigenvalue weighted by Crippen LogP contribution is 2.34. The fraction of sp³-hybridized carbons (Fsp3) is 0.500. The number of hydrogen-bond acceptors (Lipinski definition) is 1. The maximum absolute atomic E-state index is 13.8. The molecular formula is C12H13BrClF4N. The predicted molar refractivity (Wildman–Crippen MR) is 70.8 cm³/mol. The van der Waals surface area contributed by atoms with E-state index in [4.69, 9.17) is 11.6 Å². The van der Waals surface area contributed by atoms with Crippen molar-refractivity contribution in [2.24, 2.45) is 0 Å². The molecule has 1 atom stereocenters. The average molecular weight is 363 g/mol. The van der Waals surface area contributed by atoms with Crippen LogP contribution in [0.2, 0.25) is 5.02 Å². The van der Waals surface area contributed by atoms with Crippen LogP contribution in [-0.2, 0) is 0 Å². The van der Waals surface area contributed by atoms with Crippen molar-refractivity contribution in [1.82, 2.24) is 5.32 Å². The van der Waals surface area contributed by atoms with Gasteiger partial charge in [-0.05, 0) is 41.0 Å². The van der Waals surface area contributed by atoms with Gasteiger partial charge in [0.1, 0.15) is 5.82 Å². The first-order chi connectivity index (χ1) is 8.74. The van der Waals surface area contributed by atoms with Gasteiger partial charge in [-0.15, -0.1) is 0 Å². The monoisotopic (exact) mass is 361 g/mol. The highest BCUT2D eigenvalue weighted by atomic mass is 79.9. The third-order valence-corrected chi connectivity index (χ3v) is 3.69. The summed E-state index contributed by atoms with van der Waals surface area (Å²) < 4.78 is 51.7. The standard InChI is InChI=1S/C12H13BrClF4N/c1-2-3-19-11(6-12(16,17)18)7-4-9(14)8(13)5-10(7)15/h4-5,11,19H,2-3,6H2,1H3. The van der Waals surface area contributed by atoms with Crippen molar-refractivity contribution in [3.63, 3.8) is 0 Å². The Kier molecular flexibility index (Phi) is 6.08. The van der Waals surface area contributed by atoms with E-state index in [1.165, 1.54) is 6.07 Å². The second kappa shape index (κ2) is 6.90. The third-order valence-electron chi connectivity index (χ3n) is 2.49. The largest absolute Gasteiger partial charge is 0.390 e. The zero-order valence-electron chi connectivity index (χ0n) is 10.1. The zero-order chi connectivity index (χ0) is 14.6. The first-order valence-corrected chi connectivity index (χ1v) is 6.86. The van der Waals surface area contributed by atoms with Crippen LogP contribution in [0.4, 0.5) is 17.6 Å². The van der Waals surface area contributed by atoms with Gasteiger partial charge in [0.25, 0.3) is 0 Å². The van der Waals surface area contributed by atoms with E-state index in [0.717, 1.165) is 6.07 Å². The number of halogens is 6. The van der Waals surface area contributed by atoms with Crippen LogP contribution in [0.3, 0.4) is 0 Å². The first-order valence-electron chi connectivity index (χ1n) is 5.69. The summed E-state index contributed by atoms with van der Waals surface area (Å²) in [7, 11) is 0. The minimum Gasteiger partial charge on any atom is -0.310 e. The molecule has 0 radical (unpaired) electrons. The molecule has 0 saturated heterocycles. The zero-order valence-corrected chi connectivity index (χ0v) is 12.5. The molecule has 1 unspecified atom stereocenters. The van der Waals surface area contributed by atoms with Crippen molar-refractivity contribution in [3.8, 4) is 0 Å². The smallest absolute Gasteiger partial charge is 0.310 e.